The van der Waals surface area contributed by atoms with Gasteiger partial charge in [-0.05, 0) is 29.9 Å². The third-order valence-electron chi connectivity index (χ3n) is 5.62. The highest BCUT2D eigenvalue weighted by Crippen LogP contribution is 2.33. The van der Waals surface area contributed by atoms with Gasteiger partial charge in [-0.15, -0.1) is 0 Å². The Kier molecular flexibility index (Phi) is 6.45. The largest absolute Gasteiger partial charge is 0.481 e. The Morgan fingerprint density at radius 3 is 1.92 bits per heavy atom. The Labute approximate surface area is 156 Å². The zero-order valence-electron chi connectivity index (χ0n) is 15.6. The zero-order valence-corrected chi connectivity index (χ0v) is 15.6. The van der Waals surface area contributed by atoms with Gasteiger partial charge in [0.05, 0.1) is 5.92 Å². The molecule has 1 N–H and O–H groups in total. The smallest absolute Gasteiger partial charge is 0.308 e. The highest BCUT2D eigenvalue weighted by Gasteiger charge is 2.37. The van der Waals surface area contributed by atoms with Gasteiger partial charge < -0.3 is 5.11 Å². The standard InChI is InChI=1S/C23H29NO2/c1-18-10-8-9-15-21(23(25)26)22(18)24(16-19-11-4-2-5-12-19)17-20-13-6-3-7-14-20/h2-7,11-14,18,21-22H,8-10,15-17H2,1H3,(H,25,26). The molecule has 3 nitrogen and oxygen atoms in total. The molecule has 0 spiro atoms. The van der Waals surface area contributed by atoms with Crippen LogP contribution in [0.15, 0.2) is 60.7 Å². The first-order chi connectivity index (χ1) is 12.6. The van der Waals surface area contributed by atoms with Crippen molar-refractivity contribution in [2.75, 3.05) is 0 Å². The summed E-state index contributed by atoms with van der Waals surface area (Å²) in [5.74, 6) is -0.555. The van der Waals surface area contributed by atoms with E-state index in [0.717, 1.165) is 38.8 Å². The molecule has 26 heavy (non-hydrogen) atoms. The van der Waals surface area contributed by atoms with Crippen molar-refractivity contribution in [3.63, 3.8) is 0 Å². The summed E-state index contributed by atoms with van der Waals surface area (Å²) in [7, 11) is 0. The number of hydrogen-bond donors (Lipinski definition) is 1. The molecule has 1 fully saturated rings. The summed E-state index contributed by atoms with van der Waals surface area (Å²) in [5, 5.41) is 9.91. The average molecular weight is 351 g/mol. The lowest BCUT2D eigenvalue weighted by Crippen LogP contribution is -2.46. The third-order valence-corrected chi connectivity index (χ3v) is 5.62. The summed E-state index contributed by atoms with van der Waals surface area (Å²) in [6.45, 7) is 3.80. The molecule has 0 radical (unpaired) electrons. The topological polar surface area (TPSA) is 40.5 Å². The van der Waals surface area contributed by atoms with Gasteiger partial charge in [-0.1, -0.05) is 80.4 Å². The molecular formula is C23H29NO2. The fourth-order valence-corrected chi connectivity index (χ4v) is 4.36. The van der Waals surface area contributed by atoms with Crippen LogP contribution in [0.5, 0.6) is 0 Å². The van der Waals surface area contributed by atoms with Crippen LogP contribution in [0.25, 0.3) is 0 Å². The monoisotopic (exact) mass is 351 g/mol. The number of benzene rings is 2. The van der Waals surface area contributed by atoms with Crippen LogP contribution in [-0.4, -0.2) is 22.0 Å². The molecule has 0 amide bonds. The van der Waals surface area contributed by atoms with Gasteiger partial charge in [-0.3, -0.25) is 9.69 Å². The fraction of sp³-hybridized carbons (Fsp3) is 0.435. The van der Waals surface area contributed by atoms with Crippen LogP contribution in [0.3, 0.4) is 0 Å². The van der Waals surface area contributed by atoms with E-state index in [1.807, 2.05) is 12.1 Å². The van der Waals surface area contributed by atoms with Crippen LogP contribution < -0.4 is 0 Å². The number of nitrogens with zero attached hydrogens (tertiary/aromatic N) is 1. The SMILES string of the molecule is CC1CCCCC(C(=O)O)C1N(Cc1ccccc1)Cc1ccccc1. The normalized spacial score (nSPS) is 23.5. The molecule has 0 saturated heterocycles. The number of rotatable bonds is 6. The Bertz CT molecular complexity index is 644. The van der Waals surface area contributed by atoms with Gasteiger partial charge in [0.25, 0.3) is 0 Å². The van der Waals surface area contributed by atoms with E-state index < -0.39 is 5.97 Å². The summed E-state index contributed by atoms with van der Waals surface area (Å²) >= 11 is 0. The summed E-state index contributed by atoms with van der Waals surface area (Å²) in [6.07, 6.45) is 4.03. The minimum absolute atomic E-state index is 0.0652. The molecule has 1 aliphatic carbocycles. The molecule has 138 valence electrons. The van der Waals surface area contributed by atoms with Crippen molar-refractivity contribution in [3.05, 3.63) is 71.8 Å². The van der Waals surface area contributed by atoms with Crippen molar-refractivity contribution >= 4 is 5.97 Å². The van der Waals surface area contributed by atoms with Crippen LogP contribution in [0.4, 0.5) is 0 Å². The van der Waals surface area contributed by atoms with Gasteiger partial charge in [0.1, 0.15) is 0 Å². The minimum Gasteiger partial charge on any atom is -0.481 e. The van der Waals surface area contributed by atoms with Crippen LogP contribution in [0, 0.1) is 11.8 Å². The molecule has 2 aromatic rings. The number of aliphatic carboxylic acids is 1. The predicted octanol–water partition coefficient (Wildman–Crippen LogP) is 4.97. The maximum Gasteiger partial charge on any atom is 0.308 e. The quantitative estimate of drug-likeness (QED) is 0.747. The number of carboxylic acids is 1. The van der Waals surface area contributed by atoms with E-state index >= 15 is 0 Å². The van der Waals surface area contributed by atoms with E-state index in [1.165, 1.54) is 11.1 Å². The fourth-order valence-electron chi connectivity index (χ4n) is 4.36. The van der Waals surface area contributed by atoms with E-state index in [-0.39, 0.29) is 12.0 Å². The number of hydrogen-bond acceptors (Lipinski definition) is 2. The Morgan fingerprint density at radius 2 is 1.42 bits per heavy atom. The molecular weight excluding hydrogens is 322 g/mol. The molecule has 3 atom stereocenters. The van der Waals surface area contributed by atoms with Gasteiger partial charge in [0, 0.05) is 19.1 Å². The summed E-state index contributed by atoms with van der Waals surface area (Å²) < 4.78 is 0. The van der Waals surface area contributed by atoms with Crippen molar-refractivity contribution in [1.29, 1.82) is 0 Å². The van der Waals surface area contributed by atoms with Crippen LogP contribution >= 0.6 is 0 Å². The number of carbonyl (C=O) groups is 1. The summed E-state index contributed by atoms with van der Waals surface area (Å²) in [5.41, 5.74) is 2.48. The third kappa shape index (κ3) is 4.73. The average Bonchev–Trinajstić information content (AvgIpc) is 2.84. The van der Waals surface area contributed by atoms with Crippen LogP contribution in [0.2, 0.25) is 0 Å². The predicted molar refractivity (Wildman–Crippen MR) is 105 cm³/mol. The van der Waals surface area contributed by atoms with Crippen molar-refractivity contribution < 1.29 is 9.90 Å². The van der Waals surface area contributed by atoms with E-state index in [1.54, 1.807) is 0 Å². The Hall–Kier alpha value is -2.13. The molecule has 0 bridgehead atoms. The lowest BCUT2D eigenvalue weighted by molar-refractivity contribution is -0.145. The second kappa shape index (κ2) is 9.00. The minimum atomic E-state index is -0.644. The van der Waals surface area contributed by atoms with Crippen molar-refractivity contribution in [1.82, 2.24) is 4.90 Å². The zero-order chi connectivity index (χ0) is 18.4. The Balaban J connectivity index is 1.92. The van der Waals surface area contributed by atoms with E-state index in [2.05, 4.69) is 60.4 Å². The molecule has 0 heterocycles. The molecule has 3 rings (SSSR count). The highest BCUT2D eigenvalue weighted by atomic mass is 16.4. The van der Waals surface area contributed by atoms with Crippen molar-refractivity contribution in [2.24, 2.45) is 11.8 Å². The van der Waals surface area contributed by atoms with Gasteiger partial charge in [0.15, 0.2) is 0 Å². The first-order valence-corrected chi connectivity index (χ1v) is 9.70. The van der Waals surface area contributed by atoms with Gasteiger partial charge in [-0.25, -0.2) is 0 Å². The van der Waals surface area contributed by atoms with Crippen molar-refractivity contribution in [3.8, 4) is 0 Å². The van der Waals surface area contributed by atoms with Gasteiger partial charge >= 0.3 is 5.97 Å². The van der Waals surface area contributed by atoms with E-state index in [9.17, 15) is 9.90 Å². The molecule has 0 aromatic heterocycles. The van der Waals surface area contributed by atoms with E-state index in [4.69, 9.17) is 0 Å². The van der Waals surface area contributed by atoms with Crippen molar-refractivity contribution in [2.45, 2.75) is 51.7 Å². The van der Waals surface area contributed by atoms with Crippen LogP contribution in [-0.2, 0) is 17.9 Å². The molecule has 3 unspecified atom stereocenters. The van der Waals surface area contributed by atoms with Gasteiger partial charge in [0.2, 0.25) is 0 Å². The maximum atomic E-state index is 12.0. The summed E-state index contributed by atoms with van der Waals surface area (Å²) in [6, 6.07) is 20.9. The molecule has 0 aliphatic heterocycles. The molecule has 1 saturated carbocycles. The Morgan fingerprint density at radius 1 is 0.923 bits per heavy atom. The lowest BCUT2D eigenvalue weighted by atomic mass is 9.86. The first-order valence-electron chi connectivity index (χ1n) is 9.70. The first kappa shape index (κ1) is 18.7. The molecule has 1 aliphatic rings. The molecule has 3 heteroatoms. The number of carboxylic acid groups (broad SMARTS) is 1. The molecule has 2 aromatic carbocycles. The van der Waals surface area contributed by atoms with Crippen LogP contribution in [0.1, 0.15) is 43.7 Å². The highest BCUT2D eigenvalue weighted by molar-refractivity contribution is 5.71. The lowest BCUT2D eigenvalue weighted by Gasteiger charge is -2.38. The van der Waals surface area contributed by atoms with E-state index in [0.29, 0.717) is 5.92 Å². The summed E-state index contributed by atoms with van der Waals surface area (Å²) in [4.78, 5) is 14.4. The second-order valence-corrected chi connectivity index (χ2v) is 7.57. The maximum absolute atomic E-state index is 12.0. The van der Waals surface area contributed by atoms with Gasteiger partial charge in [-0.2, -0.15) is 0 Å². The second-order valence-electron chi connectivity index (χ2n) is 7.57.